The average Bonchev–Trinajstić information content (AvgIpc) is 2.27. The number of ether oxygens (including phenoxy) is 1. The van der Waals surface area contributed by atoms with Gasteiger partial charge in [0.15, 0.2) is 0 Å². The second-order valence-corrected chi connectivity index (χ2v) is 6.40. The molecule has 0 amide bonds. The zero-order valence-electron chi connectivity index (χ0n) is 12.3. The van der Waals surface area contributed by atoms with Crippen molar-refractivity contribution in [2.45, 2.75) is 58.8 Å². The van der Waals surface area contributed by atoms with Crippen LogP contribution in [0.5, 0.6) is 5.75 Å². The van der Waals surface area contributed by atoms with Crippen molar-refractivity contribution in [2.75, 3.05) is 7.11 Å². The smallest absolute Gasteiger partial charge is 0.122 e. The van der Waals surface area contributed by atoms with E-state index in [9.17, 15) is 0 Å². The fourth-order valence-electron chi connectivity index (χ4n) is 1.92. The van der Waals surface area contributed by atoms with Crippen molar-refractivity contribution in [1.29, 1.82) is 0 Å². The predicted octanol–water partition coefficient (Wildman–Crippen LogP) is 4.68. The van der Waals surface area contributed by atoms with Crippen LogP contribution in [0.4, 0.5) is 0 Å². The van der Waals surface area contributed by atoms with E-state index >= 15 is 0 Å². The number of rotatable bonds is 3. The molecule has 1 heteroatoms. The minimum absolute atomic E-state index is 0.116. The van der Waals surface area contributed by atoms with Gasteiger partial charge in [-0.2, -0.15) is 0 Å². The maximum atomic E-state index is 5.47. The van der Waals surface area contributed by atoms with Gasteiger partial charge < -0.3 is 4.74 Å². The van der Waals surface area contributed by atoms with Crippen molar-refractivity contribution >= 4 is 0 Å². The molecule has 0 aromatic heterocycles. The number of hydrogen-bond donors (Lipinski definition) is 0. The molecule has 96 valence electrons. The van der Waals surface area contributed by atoms with Crippen molar-refractivity contribution in [3.8, 4) is 5.75 Å². The van der Waals surface area contributed by atoms with Crippen LogP contribution in [0.15, 0.2) is 18.2 Å². The Labute approximate surface area is 106 Å². The maximum absolute atomic E-state index is 5.47. The van der Waals surface area contributed by atoms with Crippen molar-refractivity contribution < 1.29 is 4.74 Å². The third-order valence-electron chi connectivity index (χ3n) is 3.67. The predicted molar refractivity (Wildman–Crippen MR) is 75.0 cm³/mol. The molecule has 0 aliphatic rings. The van der Waals surface area contributed by atoms with Crippen LogP contribution in [0.2, 0.25) is 0 Å². The molecule has 0 atom stereocenters. The molecule has 1 aromatic carbocycles. The molecule has 0 N–H and O–H groups in total. The number of hydrogen-bond acceptors (Lipinski definition) is 1. The van der Waals surface area contributed by atoms with E-state index in [1.807, 2.05) is 0 Å². The number of benzene rings is 1. The molecular weight excluding hydrogens is 208 g/mol. The van der Waals surface area contributed by atoms with Gasteiger partial charge in [0.1, 0.15) is 5.75 Å². The maximum Gasteiger partial charge on any atom is 0.122 e. The van der Waals surface area contributed by atoms with E-state index in [4.69, 9.17) is 4.74 Å². The van der Waals surface area contributed by atoms with Crippen molar-refractivity contribution in [1.82, 2.24) is 0 Å². The fraction of sp³-hybridized carbons (Fsp3) is 0.625. The molecule has 0 saturated carbocycles. The first-order valence-electron chi connectivity index (χ1n) is 6.41. The lowest BCUT2D eigenvalue weighted by molar-refractivity contribution is 0.396. The molecule has 1 nitrogen and oxygen atoms in total. The largest absolute Gasteiger partial charge is 0.496 e. The van der Waals surface area contributed by atoms with E-state index < -0.39 is 0 Å². The molecule has 0 fully saturated rings. The van der Waals surface area contributed by atoms with Gasteiger partial charge in [0, 0.05) is 0 Å². The third-order valence-corrected chi connectivity index (χ3v) is 3.67. The SMILES string of the molecule is CCC(C)(C)c1ccc(OC)c(C(C)(C)C)c1. The van der Waals surface area contributed by atoms with Crippen molar-refractivity contribution in [3.63, 3.8) is 0 Å². The average molecular weight is 234 g/mol. The topological polar surface area (TPSA) is 9.23 Å². The molecule has 1 rings (SSSR count). The minimum Gasteiger partial charge on any atom is -0.496 e. The van der Waals surface area contributed by atoms with Gasteiger partial charge in [0.2, 0.25) is 0 Å². The molecule has 0 saturated heterocycles. The van der Waals surface area contributed by atoms with Crippen molar-refractivity contribution in [2.24, 2.45) is 0 Å². The van der Waals surface area contributed by atoms with E-state index in [1.54, 1.807) is 7.11 Å². The summed E-state index contributed by atoms with van der Waals surface area (Å²) in [6.45, 7) is 13.5. The van der Waals surface area contributed by atoms with Crippen LogP contribution in [0.1, 0.15) is 59.1 Å². The van der Waals surface area contributed by atoms with Gasteiger partial charge >= 0.3 is 0 Å². The minimum atomic E-state index is 0.116. The Bertz CT molecular complexity index is 383. The molecule has 0 unspecified atom stereocenters. The monoisotopic (exact) mass is 234 g/mol. The Morgan fingerprint density at radius 3 is 2.06 bits per heavy atom. The second-order valence-electron chi connectivity index (χ2n) is 6.40. The van der Waals surface area contributed by atoms with E-state index in [-0.39, 0.29) is 10.8 Å². The van der Waals surface area contributed by atoms with Gasteiger partial charge in [-0.1, -0.05) is 53.7 Å². The summed E-state index contributed by atoms with van der Waals surface area (Å²) in [7, 11) is 1.75. The fourth-order valence-corrected chi connectivity index (χ4v) is 1.92. The zero-order valence-corrected chi connectivity index (χ0v) is 12.3. The van der Waals surface area contributed by atoms with Gasteiger partial charge in [-0.3, -0.25) is 0 Å². The first kappa shape index (κ1) is 14.1. The Morgan fingerprint density at radius 1 is 1.06 bits per heavy atom. The van der Waals surface area contributed by atoms with E-state index in [0.717, 1.165) is 12.2 Å². The highest BCUT2D eigenvalue weighted by Gasteiger charge is 2.24. The highest BCUT2D eigenvalue weighted by atomic mass is 16.5. The van der Waals surface area contributed by atoms with Gasteiger partial charge in [0.25, 0.3) is 0 Å². The van der Waals surface area contributed by atoms with Crippen molar-refractivity contribution in [3.05, 3.63) is 29.3 Å². The summed E-state index contributed by atoms with van der Waals surface area (Å²) in [6, 6.07) is 6.60. The lowest BCUT2D eigenvalue weighted by atomic mass is 9.78. The van der Waals surface area contributed by atoms with E-state index in [1.165, 1.54) is 11.1 Å². The van der Waals surface area contributed by atoms with E-state index in [2.05, 4.69) is 59.7 Å². The lowest BCUT2D eigenvalue weighted by Crippen LogP contribution is -2.19. The molecule has 1 aromatic rings. The van der Waals surface area contributed by atoms with Crippen LogP contribution in [0.3, 0.4) is 0 Å². The first-order valence-corrected chi connectivity index (χ1v) is 6.41. The second kappa shape index (κ2) is 4.72. The van der Waals surface area contributed by atoms with Crippen LogP contribution in [0.25, 0.3) is 0 Å². The van der Waals surface area contributed by atoms with Crippen LogP contribution in [-0.2, 0) is 10.8 Å². The van der Waals surface area contributed by atoms with Gasteiger partial charge in [-0.25, -0.2) is 0 Å². The summed E-state index contributed by atoms with van der Waals surface area (Å²) in [4.78, 5) is 0. The molecule has 0 radical (unpaired) electrons. The Hall–Kier alpha value is -0.980. The first-order chi connectivity index (χ1) is 7.72. The highest BCUT2D eigenvalue weighted by molar-refractivity contribution is 5.43. The van der Waals surface area contributed by atoms with Gasteiger partial charge in [0.05, 0.1) is 7.11 Å². The Kier molecular flexibility index (Phi) is 3.91. The zero-order chi connectivity index (χ0) is 13.3. The molecule has 0 aliphatic heterocycles. The molecule has 0 aliphatic carbocycles. The summed E-state index contributed by atoms with van der Waals surface area (Å²) in [6.07, 6.45) is 1.14. The Balaban J connectivity index is 3.33. The highest BCUT2D eigenvalue weighted by Crippen LogP contribution is 2.36. The summed E-state index contributed by atoms with van der Waals surface area (Å²) >= 11 is 0. The molecule has 0 bridgehead atoms. The molecular formula is C16H26O. The van der Waals surface area contributed by atoms with Crippen LogP contribution < -0.4 is 4.74 Å². The molecule has 17 heavy (non-hydrogen) atoms. The van der Waals surface area contributed by atoms with Crippen LogP contribution in [0, 0.1) is 0 Å². The van der Waals surface area contributed by atoms with E-state index in [0.29, 0.717) is 0 Å². The standard InChI is InChI=1S/C16H26O/c1-8-16(5,6)12-9-10-14(17-7)13(11-12)15(2,3)4/h9-11H,8H2,1-7H3. The molecule has 0 heterocycles. The summed E-state index contributed by atoms with van der Waals surface area (Å²) < 4.78 is 5.47. The lowest BCUT2D eigenvalue weighted by Gasteiger charge is -2.28. The third kappa shape index (κ3) is 3.02. The summed E-state index contributed by atoms with van der Waals surface area (Å²) in [5, 5.41) is 0. The van der Waals surface area contributed by atoms with Crippen LogP contribution in [-0.4, -0.2) is 7.11 Å². The Morgan fingerprint density at radius 2 is 1.65 bits per heavy atom. The molecule has 0 spiro atoms. The van der Waals surface area contributed by atoms with Gasteiger partial charge in [-0.15, -0.1) is 0 Å². The number of methoxy groups -OCH3 is 1. The van der Waals surface area contributed by atoms with Crippen LogP contribution >= 0.6 is 0 Å². The normalized spacial score (nSPS) is 12.6. The van der Waals surface area contributed by atoms with Gasteiger partial charge in [-0.05, 0) is 34.4 Å². The quantitative estimate of drug-likeness (QED) is 0.738. The summed E-state index contributed by atoms with van der Waals surface area (Å²) in [5.74, 6) is 0.994. The summed E-state index contributed by atoms with van der Waals surface area (Å²) in [5.41, 5.74) is 3.03.